The molecule has 0 unspecified atom stereocenters. The maximum absolute atomic E-state index is 10.5. The molecule has 4 heteroatoms. The smallest absolute Gasteiger partial charge is 0.258 e. The van der Waals surface area contributed by atoms with E-state index < -0.39 is 4.92 Å². The zero-order chi connectivity index (χ0) is 10.0. The summed E-state index contributed by atoms with van der Waals surface area (Å²) < 4.78 is 0. The van der Waals surface area contributed by atoms with Crippen LogP contribution in [0.4, 0.5) is 5.69 Å². The number of nitrogens with zero attached hydrogens (tertiary/aromatic N) is 1. The normalized spacial score (nSPS) is 10.1. The minimum Gasteiger partial charge on any atom is -0.258 e. The summed E-state index contributed by atoms with van der Waals surface area (Å²) in [6, 6.07) is 3.08. The lowest BCUT2D eigenvalue weighted by atomic mass is 10.0. The first-order valence-electron chi connectivity index (χ1n) is 3.86. The molecule has 0 aliphatic heterocycles. The van der Waals surface area contributed by atoms with Crippen LogP contribution in [0.25, 0.3) is 0 Å². The fourth-order valence-electron chi connectivity index (χ4n) is 1.16. The Morgan fingerprint density at radius 2 is 2.08 bits per heavy atom. The first-order valence-corrected chi connectivity index (χ1v) is 4.40. The monoisotopic (exact) mass is 199 g/mol. The van der Waals surface area contributed by atoms with Crippen LogP contribution in [-0.2, 0) is 5.88 Å². The summed E-state index contributed by atoms with van der Waals surface area (Å²) in [6.07, 6.45) is 0. The third-order valence-corrected chi connectivity index (χ3v) is 2.40. The van der Waals surface area contributed by atoms with E-state index in [1.807, 2.05) is 13.8 Å². The molecule has 0 spiro atoms. The lowest BCUT2D eigenvalue weighted by Gasteiger charge is -2.05. The van der Waals surface area contributed by atoms with Crippen molar-refractivity contribution >= 4 is 17.3 Å². The standard InChI is InChI=1S/C9H10ClNO2/c1-6-3-9(11(12)13)4-8(5-10)7(6)2/h3-4H,5H2,1-2H3. The number of nitro benzene ring substituents is 1. The molecule has 0 fully saturated rings. The van der Waals surface area contributed by atoms with E-state index >= 15 is 0 Å². The molecule has 70 valence electrons. The number of non-ortho nitro benzene ring substituents is 1. The Bertz CT molecular complexity index is 350. The number of benzene rings is 1. The highest BCUT2D eigenvalue weighted by Crippen LogP contribution is 2.22. The summed E-state index contributed by atoms with van der Waals surface area (Å²) in [4.78, 5) is 10.1. The molecule has 0 bridgehead atoms. The van der Waals surface area contributed by atoms with Crippen molar-refractivity contribution in [2.75, 3.05) is 0 Å². The Labute approximate surface area is 81.5 Å². The average molecular weight is 200 g/mol. The Morgan fingerprint density at radius 1 is 1.46 bits per heavy atom. The van der Waals surface area contributed by atoms with Gasteiger partial charge in [0.1, 0.15) is 0 Å². The molecule has 1 aromatic carbocycles. The molecule has 0 atom stereocenters. The van der Waals surface area contributed by atoms with E-state index in [2.05, 4.69) is 0 Å². The highest BCUT2D eigenvalue weighted by atomic mass is 35.5. The first kappa shape index (κ1) is 9.99. The first-order chi connectivity index (χ1) is 6.06. The van der Waals surface area contributed by atoms with Gasteiger partial charge in [-0.05, 0) is 30.5 Å². The van der Waals surface area contributed by atoms with Crippen molar-refractivity contribution in [3.05, 3.63) is 38.9 Å². The second kappa shape index (κ2) is 3.75. The largest absolute Gasteiger partial charge is 0.270 e. The molecule has 0 amide bonds. The van der Waals surface area contributed by atoms with E-state index in [4.69, 9.17) is 11.6 Å². The summed E-state index contributed by atoms with van der Waals surface area (Å²) in [5.41, 5.74) is 2.87. The van der Waals surface area contributed by atoms with Gasteiger partial charge < -0.3 is 0 Å². The van der Waals surface area contributed by atoms with E-state index in [-0.39, 0.29) is 5.69 Å². The van der Waals surface area contributed by atoms with Crippen molar-refractivity contribution in [1.29, 1.82) is 0 Å². The van der Waals surface area contributed by atoms with Gasteiger partial charge in [-0.15, -0.1) is 11.6 Å². The second-order valence-electron chi connectivity index (χ2n) is 2.94. The van der Waals surface area contributed by atoms with Crippen molar-refractivity contribution in [2.45, 2.75) is 19.7 Å². The third-order valence-electron chi connectivity index (χ3n) is 2.11. The Hall–Kier alpha value is -1.09. The third kappa shape index (κ3) is 1.98. The van der Waals surface area contributed by atoms with Gasteiger partial charge in [0.25, 0.3) is 5.69 Å². The van der Waals surface area contributed by atoms with Crippen molar-refractivity contribution in [1.82, 2.24) is 0 Å². The molecule has 1 rings (SSSR count). The van der Waals surface area contributed by atoms with Crippen LogP contribution in [0.2, 0.25) is 0 Å². The lowest BCUT2D eigenvalue weighted by molar-refractivity contribution is -0.385. The van der Waals surface area contributed by atoms with Crippen molar-refractivity contribution in [3.8, 4) is 0 Å². The molecule has 0 aliphatic carbocycles. The van der Waals surface area contributed by atoms with E-state index in [0.29, 0.717) is 5.88 Å². The highest BCUT2D eigenvalue weighted by Gasteiger charge is 2.10. The zero-order valence-corrected chi connectivity index (χ0v) is 8.26. The predicted molar refractivity (Wildman–Crippen MR) is 52.1 cm³/mol. The molecule has 3 nitrogen and oxygen atoms in total. The van der Waals surface area contributed by atoms with Crippen LogP contribution >= 0.6 is 11.6 Å². The fourth-order valence-corrected chi connectivity index (χ4v) is 1.43. The molecule has 1 aromatic rings. The molecule has 0 aliphatic rings. The van der Waals surface area contributed by atoms with Gasteiger partial charge in [-0.2, -0.15) is 0 Å². The topological polar surface area (TPSA) is 43.1 Å². The maximum Gasteiger partial charge on any atom is 0.270 e. The average Bonchev–Trinajstić information content (AvgIpc) is 2.09. The SMILES string of the molecule is Cc1cc([N+](=O)[O-])cc(CCl)c1C. The highest BCUT2D eigenvalue weighted by molar-refractivity contribution is 6.17. The van der Waals surface area contributed by atoms with Gasteiger partial charge in [0, 0.05) is 18.0 Å². The molecule has 0 saturated carbocycles. The summed E-state index contributed by atoms with van der Waals surface area (Å²) in [5, 5.41) is 10.5. The van der Waals surface area contributed by atoms with Crippen molar-refractivity contribution in [3.63, 3.8) is 0 Å². The number of rotatable bonds is 2. The minimum absolute atomic E-state index is 0.110. The van der Waals surface area contributed by atoms with Gasteiger partial charge in [-0.3, -0.25) is 10.1 Å². The molecule has 0 aromatic heterocycles. The molecule has 0 heterocycles. The number of halogens is 1. The Balaban J connectivity index is 3.30. The van der Waals surface area contributed by atoms with Crippen LogP contribution in [0.3, 0.4) is 0 Å². The van der Waals surface area contributed by atoms with Crippen LogP contribution in [0.5, 0.6) is 0 Å². The van der Waals surface area contributed by atoms with Gasteiger partial charge in [-0.25, -0.2) is 0 Å². The number of alkyl halides is 1. The molecule has 0 saturated heterocycles. The van der Waals surface area contributed by atoms with Crippen LogP contribution < -0.4 is 0 Å². The molecule has 0 radical (unpaired) electrons. The predicted octanol–water partition coefficient (Wildman–Crippen LogP) is 2.95. The maximum atomic E-state index is 10.5. The number of aryl methyl sites for hydroxylation is 1. The second-order valence-corrected chi connectivity index (χ2v) is 3.20. The van der Waals surface area contributed by atoms with Gasteiger partial charge in [0.2, 0.25) is 0 Å². The van der Waals surface area contributed by atoms with E-state index in [1.165, 1.54) is 6.07 Å². The number of nitro groups is 1. The molecule has 0 N–H and O–H groups in total. The Kier molecular flexibility index (Phi) is 2.88. The molecule has 13 heavy (non-hydrogen) atoms. The van der Waals surface area contributed by atoms with Crippen LogP contribution in [0.1, 0.15) is 16.7 Å². The van der Waals surface area contributed by atoms with E-state index in [9.17, 15) is 10.1 Å². The molecular formula is C9H10ClNO2. The van der Waals surface area contributed by atoms with Gasteiger partial charge in [-0.1, -0.05) is 0 Å². The van der Waals surface area contributed by atoms with Crippen molar-refractivity contribution < 1.29 is 4.92 Å². The summed E-state index contributed by atoms with van der Waals surface area (Å²) in [6.45, 7) is 3.76. The van der Waals surface area contributed by atoms with E-state index in [1.54, 1.807) is 6.07 Å². The van der Waals surface area contributed by atoms with Gasteiger partial charge in [0.15, 0.2) is 0 Å². The van der Waals surface area contributed by atoms with Crippen LogP contribution in [-0.4, -0.2) is 4.92 Å². The molecular weight excluding hydrogens is 190 g/mol. The zero-order valence-electron chi connectivity index (χ0n) is 7.50. The minimum atomic E-state index is -0.400. The summed E-state index contributed by atoms with van der Waals surface area (Å²) in [7, 11) is 0. The van der Waals surface area contributed by atoms with Gasteiger partial charge >= 0.3 is 0 Å². The Morgan fingerprint density at radius 3 is 2.54 bits per heavy atom. The fraction of sp³-hybridized carbons (Fsp3) is 0.333. The van der Waals surface area contributed by atoms with Crippen LogP contribution in [0, 0.1) is 24.0 Å². The van der Waals surface area contributed by atoms with Crippen molar-refractivity contribution in [2.24, 2.45) is 0 Å². The lowest BCUT2D eigenvalue weighted by Crippen LogP contribution is -1.94. The number of hydrogen-bond donors (Lipinski definition) is 0. The summed E-state index contributed by atoms with van der Waals surface area (Å²) >= 11 is 5.66. The van der Waals surface area contributed by atoms with E-state index in [0.717, 1.165) is 16.7 Å². The number of hydrogen-bond acceptors (Lipinski definition) is 2. The quantitative estimate of drug-likeness (QED) is 0.418. The van der Waals surface area contributed by atoms with Gasteiger partial charge in [0.05, 0.1) is 4.92 Å². The van der Waals surface area contributed by atoms with Crippen LogP contribution in [0.15, 0.2) is 12.1 Å². The summed E-state index contributed by atoms with van der Waals surface area (Å²) in [5.74, 6) is 0.314.